The van der Waals surface area contributed by atoms with E-state index in [1.54, 1.807) is 0 Å². The number of alkyl halides is 3. The summed E-state index contributed by atoms with van der Waals surface area (Å²) in [5.41, 5.74) is -2.78. The Morgan fingerprint density at radius 1 is 1.20 bits per heavy atom. The average Bonchev–Trinajstić information content (AvgIpc) is 1.99. The fourth-order valence-corrected chi connectivity index (χ4v) is 1.12. The molecule has 84 valence electrons. The number of hydrogen-bond donors (Lipinski definition) is 0. The molecule has 0 bridgehead atoms. The van der Waals surface area contributed by atoms with Gasteiger partial charge < -0.3 is 12.9 Å². The Morgan fingerprint density at radius 3 is 2.07 bits per heavy atom. The minimum Gasteiger partial charge on any atom is -0.445 e. The Labute approximate surface area is 85.1 Å². The number of rotatable bonds is 1. The number of halogens is 7. The summed E-state index contributed by atoms with van der Waals surface area (Å²) in [5, 5.41) is -1.06. The minimum absolute atomic E-state index is 0.120. The molecule has 1 nitrogen and oxygen atoms in total. The van der Waals surface area contributed by atoms with Gasteiger partial charge in [-0.15, -0.1) is 0 Å². The Hall–Kier alpha value is -0.915. The van der Waals surface area contributed by atoms with Crippen molar-refractivity contribution in [3.8, 4) is 0 Å². The zero-order chi connectivity index (χ0) is 11.9. The molecule has 0 aromatic carbocycles. The third kappa shape index (κ3) is 2.77. The molecule has 0 aliphatic carbocycles. The Morgan fingerprint density at radius 2 is 1.73 bits per heavy atom. The lowest BCUT2D eigenvalue weighted by Crippen LogP contribution is -2.35. The lowest BCUT2D eigenvalue weighted by molar-refractivity contribution is -0.141. The van der Waals surface area contributed by atoms with Gasteiger partial charge in [0, 0.05) is 6.20 Å². The van der Waals surface area contributed by atoms with E-state index in [1.807, 2.05) is 0 Å². The highest BCUT2D eigenvalue weighted by molar-refractivity contribution is 6.73. The van der Waals surface area contributed by atoms with E-state index in [4.69, 9.17) is 11.6 Å². The highest BCUT2D eigenvalue weighted by Gasteiger charge is 2.36. The smallest absolute Gasteiger partial charge is 0.445 e. The van der Waals surface area contributed by atoms with E-state index in [0.29, 0.717) is 0 Å². The first-order valence-electron chi connectivity index (χ1n) is 3.55. The van der Waals surface area contributed by atoms with E-state index in [1.165, 1.54) is 0 Å². The first kappa shape index (κ1) is 12.2. The molecule has 0 spiro atoms. The van der Waals surface area contributed by atoms with E-state index in [2.05, 4.69) is 4.98 Å². The Kier molecular flexibility index (Phi) is 2.91. The van der Waals surface area contributed by atoms with Crippen molar-refractivity contribution >= 4 is 24.0 Å². The topological polar surface area (TPSA) is 12.9 Å². The van der Waals surface area contributed by atoms with E-state index >= 15 is 0 Å². The van der Waals surface area contributed by atoms with Crippen LogP contribution in [0, 0.1) is 0 Å². The van der Waals surface area contributed by atoms with Crippen LogP contribution in [0.2, 0.25) is 5.02 Å². The number of nitrogens with zero attached hydrogens (tertiary/aromatic N) is 1. The van der Waals surface area contributed by atoms with Crippen molar-refractivity contribution in [1.29, 1.82) is 0 Å². The lowest BCUT2D eigenvalue weighted by atomic mass is 9.81. The van der Waals surface area contributed by atoms with Crippen LogP contribution in [0.15, 0.2) is 12.3 Å². The van der Waals surface area contributed by atoms with Gasteiger partial charge in [0.25, 0.3) is 0 Å². The Bertz CT molecular complexity index is 373. The third-order valence-electron chi connectivity index (χ3n) is 1.51. The van der Waals surface area contributed by atoms with Gasteiger partial charge in [-0.3, -0.25) is 4.98 Å². The molecule has 0 aliphatic rings. The van der Waals surface area contributed by atoms with Crippen LogP contribution in [0.5, 0.6) is 0 Å². The quantitative estimate of drug-likeness (QED) is 0.550. The zero-order valence-electron chi connectivity index (χ0n) is 6.83. The number of aromatic nitrogens is 1. The van der Waals surface area contributed by atoms with Gasteiger partial charge in [-0.25, -0.2) is 0 Å². The van der Waals surface area contributed by atoms with Gasteiger partial charge in [-0.1, -0.05) is 23.1 Å². The molecule has 1 aromatic heterocycles. The van der Waals surface area contributed by atoms with Gasteiger partial charge in [-0.05, 0) is 0 Å². The van der Waals surface area contributed by atoms with Crippen molar-refractivity contribution in [3.05, 3.63) is 23.0 Å². The molecule has 0 aliphatic heterocycles. The SMILES string of the molecule is F[B-](F)(F)c1cnc(C(F)(F)F)c(Cl)c1. The summed E-state index contributed by atoms with van der Waals surface area (Å²) in [5.74, 6) is 0. The monoisotopic (exact) mass is 248 g/mol. The van der Waals surface area contributed by atoms with Gasteiger partial charge in [0.05, 0.1) is 5.02 Å². The molecule has 0 amide bonds. The van der Waals surface area contributed by atoms with E-state index in [0.717, 1.165) is 0 Å². The molecular weight excluding hydrogens is 246 g/mol. The first-order valence-corrected chi connectivity index (χ1v) is 3.93. The van der Waals surface area contributed by atoms with Gasteiger partial charge in [-0.2, -0.15) is 13.2 Å². The summed E-state index contributed by atoms with van der Waals surface area (Å²) in [4.78, 5) is 2.65. The van der Waals surface area contributed by atoms with E-state index in [9.17, 15) is 26.1 Å². The second-order valence-corrected chi connectivity index (χ2v) is 3.08. The molecule has 0 radical (unpaired) electrons. The first-order chi connectivity index (χ1) is 6.62. The van der Waals surface area contributed by atoms with Gasteiger partial charge in [0.2, 0.25) is 0 Å². The molecule has 15 heavy (non-hydrogen) atoms. The zero-order valence-corrected chi connectivity index (χ0v) is 7.58. The summed E-state index contributed by atoms with van der Waals surface area (Å²) < 4.78 is 72.4. The number of pyridine rings is 1. The van der Waals surface area contributed by atoms with Crippen LogP contribution in [0.1, 0.15) is 5.69 Å². The van der Waals surface area contributed by atoms with Crippen LogP contribution in [0.3, 0.4) is 0 Å². The number of hydrogen-bond acceptors (Lipinski definition) is 1. The largest absolute Gasteiger partial charge is 0.511 e. The molecule has 0 N–H and O–H groups in total. The van der Waals surface area contributed by atoms with Crippen LogP contribution in [0.4, 0.5) is 26.1 Å². The third-order valence-corrected chi connectivity index (χ3v) is 1.80. The van der Waals surface area contributed by atoms with Crippen molar-refractivity contribution in [2.24, 2.45) is 0 Å². The molecule has 1 heterocycles. The lowest BCUT2D eigenvalue weighted by Gasteiger charge is -2.16. The minimum atomic E-state index is -5.39. The van der Waals surface area contributed by atoms with Gasteiger partial charge >= 0.3 is 13.2 Å². The van der Waals surface area contributed by atoms with Gasteiger partial charge in [0.1, 0.15) is 0 Å². The van der Waals surface area contributed by atoms with Crippen molar-refractivity contribution in [2.75, 3.05) is 0 Å². The molecule has 0 saturated carbocycles. The Balaban J connectivity index is 3.21. The maximum Gasteiger partial charge on any atom is 0.511 e. The fraction of sp³-hybridized carbons (Fsp3) is 0.167. The molecule has 0 atom stereocenters. The second kappa shape index (κ2) is 3.59. The molecule has 0 unspecified atom stereocenters. The van der Waals surface area contributed by atoms with Crippen molar-refractivity contribution < 1.29 is 26.1 Å². The van der Waals surface area contributed by atoms with Crippen molar-refractivity contribution in [3.63, 3.8) is 0 Å². The van der Waals surface area contributed by atoms with Crippen LogP contribution >= 0.6 is 11.6 Å². The summed E-state index contributed by atoms with van der Waals surface area (Å²) in [6.45, 7) is -5.39. The van der Waals surface area contributed by atoms with Crippen LogP contribution in [-0.4, -0.2) is 12.0 Å². The van der Waals surface area contributed by atoms with Gasteiger partial charge in [0.15, 0.2) is 5.69 Å². The molecule has 0 saturated heterocycles. The normalized spacial score (nSPS) is 13.0. The van der Waals surface area contributed by atoms with Crippen molar-refractivity contribution in [2.45, 2.75) is 6.18 Å². The standard InChI is InChI=1S/C6H2BClF6N/c8-4-1-3(7(12,13)14)2-15-5(4)6(9,10)11/h1-2H/q-1. The maximum absolute atomic E-state index is 12.1. The van der Waals surface area contributed by atoms with E-state index in [-0.39, 0.29) is 12.3 Å². The summed E-state index contributed by atoms with van der Waals surface area (Å²) in [6, 6.07) is 0.220. The highest BCUT2D eigenvalue weighted by Crippen LogP contribution is 2.32. The average molecular weight is 248 g/mol. The van der Waals surface area contributed by atoms with Crippen LogP contribution in [0.25, 0.3) is 0 Å². The van der Waals surface area contributed by atoms with Crippen LogP contribution < -0.4 is 5.46 Å². The van der Waals surface area contributed by atoms with Crippen LogP contribution in [-0.2, 0) is 6.18 Å². The summed E-state index contributed by atoms with van der Waals surface area (Å²) >= 11 is 5.05. The molecular formula is C6H2BClF6N-. The van der Waals surface area contributed by atoms with Crippen molar-refractivity contribution in [1.82, 2.24) is 4.98 Å². The van der Waals surface area contributed by atoms with E-state index < -0.39 is 29.3 Å². The predicted molar refractivity (Wildman–Crippen MR) is 43.0 cm³/mol. The summed E-state index contributed by atoms with van der Waals surface area (Å²) in [7, 11) is 0. The maximum atomic E-state index is 12.1. The predicted octanol–water partition coefficient (Wildman–Crippen LogP) is 2.81. The second-order valence-electron chi connectivity index (χ2n) is 2.67. The highest BCUT2D eigenvalue weighted by atomic mass is 35.5. The fourth-order valence-electron chi connectivity index (χ4n) is 0.840. The molecule has 1 rings (SSSR count). The summed E-state index contributed by atoms with van der Waals surface area (Å²) in [6.07, 6.45) is -4.73. The molecule has 0 fully saturated rings. The molecule has 9 heteroatoms. The molecule has 1 aromatic rings.